The highest BCUT2D eigenvalue weighted by Crippen LogP contribution is 2.22. The second kappa shape index (κ2) is 7.32. The van der Waals surface area contributed by atoms with Crippen LogP contribution < -0.4 is 10.6 Å². The van der Waals surface area contributed by atoms with Crippen LogP contribution >= 0.6 is 0 Å². The lowest BCUT2D eigenvalue weighted by atomic mass is 10.1. The van der Waals surface area contributed by atoms with Gasteiger partial charge in [-0.2, -0.15) is 4.98 Å². The van der Waals surface area contributed by atoms with Gasteiger partial charge >= 0.3 is 0 Å². The molecule has 0 atom stereocenters. The monoisotopic (exact) mass is 353 g/mol. The molecule has 1 saturated heterocycles. The van der Waals surface area contributed by atoms with Gasteiger partial charge < -0.3 is 15.5 Å². The number of hydrogen-bond donors (Lipinski definition) is 2. The van der Waals surface area contributed by atoms with Crippen LogP contribution in [0.25, 0.3) is 0 Å². The maximum atomic E-state index is 12.6. The minimum absolute atomic E-state index is 0.0978. The van der Waals surface area contributed by atoms with E-state index in [0.717, 1.165) is 43.0 Å². The molecule has 0 radical (unpaired) electrons. The number of aromatic nitrogens is 2. The van der Waals surface area contributed by atoms with Gasteiger partial charge in [-0.05, 0) is 58.7 Å². The van der Waals surface area contributed by atoms with E-state index in [1.807, 2.05) is 36.1 Å². The first-order chi connectivity index (χ1) is 12.3. The standard InChI is InChI=1S/C20H27N5O/c1-14-13-21-19(24-20(2,3)4)23-17(14)22-16-9-7-8-15(12-16)18(26)25-10-5-6-11-25/h7-9,12-13H,5-6,10-11H2,1-4H3,(H2,21,22,23,24). The minimum atomic E-state index is -0.116. The Labute approximate surface area is 155 Å². The quantitative estimate of drug-likeness (QED) is 0.870. The van der Waals surface area contributed by atoms with E-state index in [2.05, 4.69) is 41.4 Å². The number of anilines is 3. The number of rotatable bonds is 4. The van der Waals surface area contributed by atoms with Gasteiger partial charge in [0.05, 0.1) is 0 Å². The number of carbonyl (C=O) groups is 1. The van der Waals surface area contributed by atoms with Gasteiger partial charge in [0.1, 0.15) is 5.82 Å². The van der Waals surface area contributed by atoms with Crippen molar-refractivity contribution in [3.63, 3.8) is 0 Å². The molecule has 0 saturated carbocycles. The van der Waals surface area contributed by atoms with Crippen molar-refractivity contribution in [1.29, 1.82) is 0 Å². The van der Waals surface area contributed by atoms with Crippen molar-refractivity contribution in [3.05, 3.63) is 41.6 Å². The second-order valence-corrected chi connectivity index (χ2v) is 7.81. The number of amides is 1. The number of benzene rings is 1. The van der Waals surface area contributed by atoms with E-state index in [-0.39, 0.29) is 11.4 Å². The van der Waals surface area contributed by atoms with Gasteiger partial charge in [0, 0.05) is 41.6 Å². The molecule has 1 fully saturated rings. The number of nitrogens with zero attached hydrogens (tertiary/aromatic N) is 3. The van der Waals surface area contributed by atoms with E-state index in [1.54, 1.807) is 6.20 Å². The minimum Gasteiger partial charge on any atom is -0.350 e. The first-order valence-electron chi connectivity index (χ1n) is 9.10. The molecule has 0 spiro atoms. The van der Waals surface area contributed by atoms with Crippen LogP contribution in [0, 0.1) is 6.92 Å². The molecule has 0 bridgehead atoms. The summed E-state index contributed by atoms with van der Waals surface area (Å²) in [6, 6.07) is 7.60. The fourth-order valence-electron chi connectivity index (χ4n) is 2.93. The summed E-state index contributed by atoms with van der Waals surface area (Å²) in [4.78, 5) is 23.4. The lowest BCUT2D eigenvalue weighted by molar-refractivity contribution is 0.0793. The Balaban J connectivity index is 1.79. The molecule has 138 valence electrons. The first kappa shape index (κ1) is 18.2. The molecule has 26 heavy (non-hydrogen) atoms. The summed E-state index contributed by atoms with van der Waals surface area (Å²) in [6.45, 7) is 9.86. The van der Waals surface area contributed by atoms with Crippen molar-refractivity contribution in [3.8, 4) is 0 Å². The molecular formula is C20H27N5O. The molecule has 1 aromatic carbocycles. The first-order valence-corrected chi connectivity index (χ1v) is 9.10. The van der Waals surface area contributed by atoms with Crippen LogP contribution in [0.15, 0.2) is 30.5 Å². The lowest BCUT2D eigenvalue weighted by Crippen LogP contribution is -2.27. The lowest BCUT2D eigenvalue weighted by Gasteiger charge is -2.21. The summed E-state index contributed by atoms with van der Waals surface area (Å²) in [7, 11) is 0. The third-order valence-electron chi connectivity index (χ3n) is 4.22. The summed E-state index contributed by atoms with van der Waals surface area (Å²) in [5.74, 6) is 1.41. The van der Waals surface area contributed by atoms with Crippen LogP contribution in [0.4, 0.5) is 17.5 Å². The van der Waals surface area contributed by atoms with Crippen molar-refractivity contribution in [1.82, 2.24) is 14.9 Å². The third kappa shape index (κ3) is 4.50. The average Bonchev–Trinajstić information content (AvgIpc) is 3.11. The van der Waals surface area contributed by atoms with Crippen molar-refractivity contribution in [2.75, 3.05) is 23.7 Å². The zero-order chi connectivity index (χ0) is 18.7. The topological polar surface area (TPSA) is 70.1 Å². The van der Waals surface area contributed by atoms with E-state index >= 15 is 0 Å². The Morgan fingerprint density at radius 3 is 2.62 bits per heavy atom. The molecule has 0 aliphatic carbocycles. The van der Waals surface area contributed by atoms with Gasteiger partial charge in [0.15, 0.2) is 0 Å². The zero-order valence-corrected chi connectivity index (χ0v) is 16.0. The Hall–Kier alpha value is -2.63. The normalized spacial score (nSPS) is 14.4. The van der Waals surface area contributed by atoms with Gasteiger partial charge in [-0.25, -0.2) is 4.98 Å². The number of aryl methyl sites for hydroxylation is 1. The van der Waals surface area contributed by atoms with Crippen molar-refractivity contribution >= 4 is 23.4 Å². The van der Waals surface area contributed by atoms with Gasteiger partial charge in [-0.1, -0.05) is 6.07 Å². The van der Waals surface area contributed by atoms with Crippen molar-refractivity contribution < 1.29 is 4.79 Å². The van der Waals surface area contributed by atoms with Crippen LogP contribution in [0.1, 0.15) is 49.5 Å². The van der Waals surface area contributed by atoms with Gasteiger partial charge in [0.25, 0.3) is 5.91 Å². The highest BCUT2D eigenvalue weighted by molar-refractivity contribution is 5.95. The Bertz CT molecular complexity index is 791. The Kier molecular flexibility index (Phi) is 5.11. The van der Waals surface area contributed by atoms with Crippen LogP contribution in [-0.4, -0.2) is 39.4 Å². The van der Waals surface area contributed by atoms with Crippen molar-refractivity contribution in [2.45, 2.75) is 46.1 Å². The molecule has 1 aliphatic heterocycles. The van der Waals surface area contributed by atoms with E-state index in [4.69, 9.17) is 0 Å². The summed E-state index contributed by atoms with van der Waals surface area (Å²) in [5.41, 5.74) is 2.38. The number of likely N-dealkylation sites (tertiary alicyclic amines) is 1. The van der Waals surface area contributed by atoms with Crippen LogP contribution in [0.3, 0.4) is 0 Å². The number of hydrogen-bond acceptors (Lipinski definition) is 5. The highest BCUT2D eigenvalue weighted by Gasteiger charge is 2.19. The molecule has 1 amide bonds. The molecule has 6 nitrogen and oxygen atoms in total. The van der Waals surface area contributed by atoms with Crippen LogP contribution in [0.5, 0.6) is 0 Å². The van der Waals surface area contributed by atoms with Gasteiger partial charge in [-0.15, -0.1) is 0 Å². The average molecular weight is 353 g/mol. The molecule has 2 N–H and O–H groups in total. The molecule has 2 aromatic rings. The molecule has 2 heterocycles. The van der Waals surface area contributed by atoms with E-state index in [1.165, 1.54) is 0 Å². The Morgan fingerprint density at radius 2 is 1.92 bits per heavy atom. The van der Waals surface area contributed by atoms with Crippen LogP contribution in [-0.2, 0) is 0 Å². The molecule has 1 aliphatic rings. The SMILES string of the molecule is Cc1cnc(NC(C)(C)C)nc1Nc1cccc(C(=O)N2CCCC2)c1. The summed E-state index contributed by atoms with van der Waals surface area (Å²) < 4.78 is 0. The molecule has 1 aromatic heterocycles. The summed E-state index contributed by atoms with van der Waals surface area (Å²) in [5, 5.41) is 6.60. The van der Waals surface area contributed by atoms with Gasteiger partial charge in [-0.3, -0.25) is 4.79 Å². The Morgan fingerprint density at radius 1 is 1.19 bits per heavy atom. The number of nitrogens with one attached hydrogen (secondary N) is 2. The summed E-state index contributed by atoms with van der Waals surface area (Å²) >= 11 is 0. The largest absolute Gasteiger partial charge is 0.350 e. The third-order valence-corrected chi connectivity index (χ3v) is 4.22. The summed E-state index contributed by atoms with van der Waals surface area (Å²) in [6.07, 6.45) is 3.98. The van der Waals surface area contributed by atoms with Gasteiger partial charge in [0.2, 0.25) is 5.95 Å². The van der Waals surface area contributed by atoms with Crippen molar-refractivity contribution in [2.24, 2.45) is 0 Å². The number of carbonyl (C=O) groups excluding carboxylic acids is 1. The fourth-order valence-corrected chi connectivity index (χ4v) is 2.93. The molecule has 3 rings (SSSR count). The second-order valence-electron chi connectivity index (χ2n) is 7.81. The van der Waals surface area contributed by atoms with E-state index < -0.39 is 0 Å². The molecule has 0 unspecified atom stereocenters. The smallest absolute Gasteiger partial charge is 0.253 e. The molecule has 6 heteroatoms. The highest BCUT2D eigenvalue weighted by atomic mass is 16.2. The fraction of sp³-hybridized carbons (Fsp3) is 0.450. The maximum Gasteiger partial charge on any atom is 0.253 e. The van der Waals surface area contributed by atoms with E-state index in [0.29, 0.717) is 11.5 Å². The van der Waals surface area contributed by atoms with E-state index in [9.17, 15) is 4.79 Å². The maximum absolute atomic E-state index is 12.6. The van der Waals surface area contributed by atoms with Crippen LogP contribution in [0.2, 0.25) is 0 Å². The zero-order valence-electron chi connectivity index (χ0n) is 16.0. The molecular weight excluding hydrogens is 326 g/mol. The predicted octanol–water partition coefficient (Wildman–Crippen LogP) is 3.98. The predicted molar refractivity (Wildman–Crippen MR) is 105 cm³/mol.